The predicted octanol–water partition coefficient (Wildman–Crippen LogP) is 32.4. The topological polar surface area (TPSA) is 160 Å². The van der Waals surface area contributed by atoms with E-state index in [4.69, 9.17) is 38.9 Å². The molecule has 16 nitrogen and oxygen atoms in total. The number of para-hydroxylation sites is 4. The van der Waals surface area contributed by atoms with Gasteiger partial charge in [-0.25, -0.2) is 84.4 Å². The largest absolute Gasteiger partial charge is 2.00 e. The first-order valence-corrected chi connectivity index (χ1v) is 50.5. The van der Waals surface area contributed by atoms with E-state index in [-0.39, 0.29) is 84.3 Å². The second-order valence-electron chi connectivity index (χ2n) is 37.8. The van der Waals surface area contributed by atoms with Crippen LogP contribution in [0.5, 0.6) is 46.5 Å². The molecule has 12 aromatic heterocycles. The van der Waals surface area contributed by atoms with Crippen molar-refractivity contribution in [3.63, 3.8) is 0 Å². The summed E-state index contributed by atoms with van der Waals surface area (Å²) in [5, 5.41) is 9.43. The van der Waals surface area contributed by atoms with Gasteiger partial charge in [0.25, 0.3) is 0 Å². The van der Waals surface area contributed by atoms with E-state index in [2.05, 4.69) is 281 Å². The Morgan fingerprint density at radius 2 is 0.420 bits per heavy atom. The quantitative estimate of drug-likeness (QED) is 0.0666. The Morgan fingerprint density at radius 3 is 0.660 bits per heavy atom. The second kappa shape index (κ2) is 46.0. The third kappa shape index (κ3) is 21.4. The van der Waals surface area contributed by atoms with Crippen molar-refractivity contribution >= 4 is 87.2 Å². The minimum Gasteiger partial charge on any atom is -0.460 e. The summed E-state index contributed by atoms with van der Waals surface area (Å²) < 4.78 is 32.7. The summed E-state index contributed by atoms with van der Waals surface area (Å²) in [6.45, 7) is 0. The van der Waals surface area contributed by atoms with E-state index in [0.717, 1.165) is 133 Å². The van der Waals surface area contributed by atoms with E-state index in [1.54, 1.807) is 24.8 Å². The van der Waals surface area contributed by atoms with Crippen LogP contribution in [0.4, 0.5) is 0 Å². The van der Waals surface area contributed by atoms with Crippen molar-refractivity contribution in [2.45, 2.75) is 114 Å². The summed E-state index contributed by atoms with van der Waals surface area (Å²) in [4.78, 5) is 36.3. The smallest absolute Gasteiger partial charge is 0.460 e. The molecule has 0 unspecified atom stereocenters. The summed E-state index contributed by atoms with van der Waals surface area (Å²) in [6, 6.07) is 143. The van der Waals surface area contributed by atoms with Crippen molar-refractivity contribution < 1.29 is 103 Å². The molecule has 0 bridgehead atoms. The van der Waals surface area contributed by atoms with Crippen molar-refractivity contribution in [2.24, 2.45) is 0 Å². The van der Waals surface area contributed by atoms with Crippen LogP contribution in [0.3, 0.4) is 0 Å². The summed E-state index contributed by atoms with van der Waals surface area (Å²) in [7, 11) is 0. The van der Waals surface area contributed by atoms with Crippen molar-refractivity contribution in [3.05, 3.63) is 460 Å². The maximum atomic E-state index is 5.94. The van der Waals surface area contributed by atoms with Crippen LogP contribution in [0, 0.1) is 48.5 Å². The van der Waals surface area contributed by atoms with E-state index >= 15 is 0 Å². The van der Waals surface area contributed by atoms with Gasteiger partial charge in [-0.2, -0.15) is 97.1 Å². The predicted molar refractivity (Wildman–Crippen MR) is 580 cm³/mol. The fourth-order valence-corrected chi connectivity index (χ4v) is 21.0. The van der Waals surface area contributed by atoms with Crippen molar-refractivity contribution in [2.75, 3.05) is 0 Å². The molecule has 4 fully saturated rings. The molecule has 24 aromatic rings. The number of rotatable bonds is 20. The van der Waals surface area contributed by atoms with Gasteiger partial charge in [0.05, 0.1) is 0 Å². The zero-order valence-electron chi connectivity index (χ0n) is 81.4. The molecule has 0 atom stereocenters. The minimum atomic E-state index is 0. The first kappa shape index (κ1) is 101. The molecule has 0 radical (unpaired) electrons. The van der Waals surface area contributed by atoms with E-state index < -0.39 is 0 Å². The van der Waals surface area contributed by atoms with Crippen molar-refractivity contribution in [3.8, 4) is 114 Å². The van der Waals surface area contributed by atoms with Gasteiger partial charge in [0.2, 0.25) is 23.5 Å². The molecule has 20 heteroatoms. The van der Waals surface area contributed by atoms with Crippen molar-refractivity contribution in [1.82, 2.24) is 58.1 Å². The molecule has 150 heavy (non-hydrogen) atoms. The Labute approximate surface area is 928 Å². The molecule has 4 saturated carbocycles. The van der Waals surface area contributed by atoms with Gasteiger partial charge in [-0.05, 0) is 238 Å². The van der Waals surface area contributed by atoms with Crippen molar-refractivity contribution in [1.29, 1.82) is 0 Å². The summed E-state index contributed by atoms with van der Waals surface area (Å²) >= 11 is 0. The van der Waals surface area contributed by atoms with Crippen LogP contribution in [0.1, 0.15) is 136 Å². The number of aromatic nitrogens is 12. The van der Waals surface area contributed by atoms with Crippen LogP contribution in [-0.2, 0) is 84.3 Å². The first-order chi connectivity index (χ1) is 72.3. The van der Waals surface area contributed by atoms with Crippen LogP contribution in [0.25, 0.3) is 155 Å². The number of pyridine rings is 8. The fraction of sp³-hybridized carbons (Fsp3) is 0.138. The fourth-order valence-electron chi connectivity index (χ4n) is 21.0. The number of hydrogen-bond acceptors (Lipinski definition) is 12. The number of nitrogens with zero attached hydrogens (tertiary/aromatic N) is 12. The van der Waals surface area contributed by atoms with Gasteiger partial charge in [-0.3, -0.25) is 0 Å². The standard InChI is InChI=1S/C34H27N3O.C33H25N3O.C32H23N3O.C31H21N3O.4Pt/c1-2-9-24(10-3-1)27-18-20-35-33(23-27)37-31-14-5-4-13-29(31)30-17-16-26(22-32(30)37)25-11-8-12-28(21-25)38-34-15-6-7-19-36-34;1-2-9-23(8-1)26-17-19-34-32(22-26)36-30-13-4-3-12-28(30)29-16-15-25(21-31(29)36)24-10-7-11-27(20-24)37-33-14-5-6-18-35-33;1-2-12-29-27(11-1)28-15-14-24(23-9-6-10-26(19-23)36-32-13-3-4-17-34-32)20-30(28)35(29)31-21-25(16-18-33-31)22-7-5-8-22;1-2-9-28-26(8-1)27-14-13-23(22-6-5-7-25(18-22)35-31-10-3-4-16-33-31)19-29(27)34(28)30-20-24(15-17-32-30)21-11-12-21;;;;/h4-8,11-20,23-24H,1-3,9-10H2;3-7,10-19,22-23H,1-2,8-9H2;1-4,6,9-18,21-22H,5,7-8H2;1-10,13-17,20-21H,11-12H2;;;;/q4*-2;4*+2. The molecule has 4 aliphatic carbocycles. The van der Waals surface area contributed by atoms with Crippen LogP contribution in [-0.4, -0.2) is 58.1 Å². The molecule has 12 heterocycles. The van der Waals surface area contributed by atoms with E-state index in [1.807, 2.05) is 170 Å². The Morgan fingerprint density at radius 1 is 0.187 bits per heavy atom. The first-order valence-electron chi connectivity index (χ1n) is 50.5. The Kier molecular flexibility index (Phi) is 30.9. The third-order valence-corrected chi connectivity index (χ3v) is 28.5. The number of hydrogen-bond donors (Lipinski definition) is 0. The molecule has 28 rings (SSSR count). The Hall–Kier alpha value is -15.0. The van der Waals surface area contributed by atoms with Gasteiger partial charge in [0, 0.05) is 119 Å². The molecule has 0 saturated heterocycles. The SMILES string of the molecule is [Pt+2].[Pt+2].[Pt+2].[Pt+2].[c-]1c(Oc2ccccn2)cccc1-c1[c-]c2c(cc1)c1ccccc1n2-c1cc(C2CC2)ccn1.[c-]1c(Oc2ccccn2)cccc1-c1[c-]c2c(cc1)c1ccccc1n2-c1cc(C2CCC2)ccn1.[c-]1c(Oc2ccccn2)cccc1-c1[c-]c2c(cc1)c1ccccc1n2-c1cc(C2CCCC2)ccn1.[c-]1c(Oc2ccccn2)cccc1-c1[c-]c2c(cc1)c1ccccc1n2-c1cc(C2CCCCC2)ccn1. The number of fused-ring (bicyclic) bond motifs is 12. The van der Waals surface area contributed by atoms with Crippen LogP contribution in [0.2, 0.25) is 0 Å². The van der Waals surface area contributed by atoms with Gasteiger partial charge in [0.1, 0.15) is 23.3 Å². The van der Waals surface area contributed by atoms with Gasteiger partial charge in [-0.1, -0.05) is 157 Å². The molecule has 12 aromatic carbocycles. The molecular formula is C130H96N12O4Pt4. The molecule has 0 N–H and O–H groups in total. The molecule has 4 aliphatic rings. The average Bonchev–Trinajstić information content (AvgIpc) is 1.60. The zero-order chi connectivity index (χ0) is 97.0. The molecule has 0 amide bonds. The Bertz CT molecular complexity index is 8910. The van der Waals surface area contributed by atoms with Crippen LogP contribution < -0.4 is 18.9 Å². The molecule has 0 aliphatic heterocycles. The van der Waals surface area contributed by atoms with E-state index in [1.165, 1.54) is 134 Å². The van der Waals surface area contributed by atoms with Gasteiger partial charge in [0.15, 0.2) is 0 Å². The Balaban J connectivity index is 0.000000116. The number of benzene rings is 12. The molecular weight excluding hydrogens is 2570 g/mol. The maximum absolute atomic E-state index is 5.94. The molecule has 740 valence electrons. The van der Waals surface area contributed by atoms with E-state index in [9.17, 15) is 0 Å². The summed E-state index contributed by atoms with van der Waals surface area (Å²) in [5.74, 6) is 11.0. The normalized spacial score (nSPS) is 13.4. The molecule has 0 spiro atoms. The minimum absolute atomic E-state index is 0. The summed E-state index contributed by atoms with van der Waals surface area (Å²) in [5.41, 5.74) is 21.6. The third-order valence-electron chi connectivity index (χ3n) is 28.5. The van der Waals surface area contributed by atoms with E-state index in [0.29, 0.717) is 70.2 Å². The van der Waals surface area contributed by atoms with Crippen LogP contribution >= 0.6 is 0 Å². The average molecular weight is 2670 g/mol. The monoisotopic (exact) mass is 2670 g/mol. The maximum Gasteiger partial charge on any atom is 2.00 e. The van der Waals surface area contributed by atoms with Crippen LogP contribution in [0.15, 0.2) is 389 Å². The summed E-state index contributed by atoms with van der Waals surface area (Å²) in [6.07, 6.45) is 32.7. The van der Waals surface area contributed by atoms with Gasteiger partial charge in [-0.15, -0.1) is 72.8 Å². The second-order valence-corrected chi connectivity index (χ2v) is 37.8. The number of ether oxygens (including phenoxy) is 4. The van der Waals surface area contributed by atoms with Gasteiger partial charge >= 0.3 is 84.3 Å². The zero-order valence-corrected chi connectivity index (χ0v) is 90.5. The van der Waals surface area contributed by atoms with Gasteiger partial charge < -0.3 is 37.2 Å².